The van der Waals surface area contributed by atoms with E-state index in [2.05, 4.69) is 21.9 Å². The van der Waals surface area contributed by atoms with E-state index in [-0.39, 0.29) is 87.6 Å². The summed E-state index contributed by atoms with van der Waals surface area (Å²) in [6, 6.07) is 11.3. The summed E-state index contributed by atoms with van der Waals surface area (Å²) in [6.45, 7) is 5.53. The molecule has 1 saturated carbocycles. The molecular formula is C31H32FKN8O3. The minimum atomic E-state index is -0.505. The topological polar surface area (TPSA) is 146 Å². The van der Waals surface area contributed by atoms with Gasteiger partial charge in [0.25, 0.3) is 0 Å². The van der Waals surface area contributed by atoms with Crippen LogP contribution < -0.4 is 66.6 Å². The fourth-order valence-corrected chi connectivity index (χ4v) is 4.90. The van der Waals surface area contributed by atoms with Crippen molar-refractivity contribution in [1.29, 1.82) is 5.41 Å². The molecule has 1 fully saturated rings. The van der Waals surface area contributed by atoms with Gasteiger partial charge in [0.2, 0.25) is 5.91 Å². The summed E-state index contributed by atoms with van der Waals surface area (Å²) in [7, 11) is 3.39. The first-order chi connectivity index (χ1) is 20.7. The first-order valence-corrected chi connectivity index (χ1v) is 13.6. The Balaban J connectivity index is 0.00000442. The zero-order valence-corrected chi connectivity index (χ0v) is 28.2. The summed E-state index contributed by atoms with van der Waals surface area (Å²) in [5.74, 6) is 1.41. The van der Waals surface area contributed by atoms with Crippen LogP contribution in [-0.4, -0.2) is 56.5 Å². The van der Waals surface area contributed by atoms with Gasteiger partial charge in [0.05, 0.1) is 5.69 Å². The molecule has 0 saturated heterocycles. The molecule has 2 aromatic carbocycles. The van der Waals surface area contributed by atoms with Crippen LogP contribution in [0.5, 0.6) is 17.2 Å². The normalized spacial score (nSPS) is 15.4. The SMILES string of the molecule is C=CC(=O)N(C)C1CC(n2nc(-c3ccc(Oc4cc(F)cc(OCc5cnc(C)nc5)c4)cc3)c(C(=N)N)c2[N-]C)C1.[K+]. The van der Waals surface area contributed by atoms with E-state index < -0.39 is 5.82 Å². The van der Waals surface area contributed by atoms with Crippen LogP contribution in [0.3, 0.4) is 0 Å². The molecule has 2 heterocycles. The van der Waals surface area contributed by atoms with Crippen LogP contribution in [0.4, 0.5) is 10.2 Å². The molecule has 1 aliphatic carbocycles. The Labute approximate surface area is 297 Å². The number of hydrogen-bond donors (Lipinski definition) is 2. The first-order valence-electron chi connectivity index (χ1n) is 13.6. The van der Waals surface area contributed by atoms with Crippen LogP contribution in [-0.2, 0) is 11.4 Å². The maximum Gasteiger partial charge on any atom is 1.00 e. The number of hydrogen-bond acceptors (Lipinski definition) is 7. The first kappa shape index (κ1) is 33.3. The number of carbonyl (C=O) groups is 1. The monoisotopic (exact) mass is 622 g/mol. The van der Waals surface area contributed by atoms with Crippen molar-refractivity contribution < 1.29 is 70.0 Å². The number of amides is 1. The Bertz CT molecular complexity index is 1650. The summed E-state index contributed by atoms with van der Waals surface area (Å²) in [5, 5.41) is 17.4. The molecule has 0 spiro atoms. The van der Waals surface area contributed by atoms with E-state index in [4.69, 9.17) is 25.7 Å². The molecule has 13 heteroatoms. The van der Waals surface area contributed by atoms with Gasteiger partial charge in [0, 0.05) is 60.4 Å². The van der Waals surface area contributed by atoms with Crippen LogP contribution in [0, 0.1) is 18.2 Å². The van der Waals surface area contributed by atoms with Crippen molar-refractivity contribution >= 4 is 17.6 Å². The number of ether oxygens (including phenoxy) is 2. The molecule has 2 aromatic heterocycles. The number of aryl methyl sites for hydroxylation is 1. The van der Waals surface area contributed by atoms with Crippen LogP contribution in [0.2, 0.25) is 0 Å². The third-order valence-electron chi connectivity index (χ3n) is 7.32. The number of nitrogens with zero attached hydrogens (tertiary/aromatic N) is 6. The molecule has 44 heavy (non-hydrogen) atoms. The smallest absolute Gasteiger partial charge is 0.489 e. The molecule has 0 bridgehead atoms. The van der Waals surface area contributed by atoms with Gasteiger partial charge in [0.1, 0.15) is 41.3 Å². The maximum absolute atomic E-state index is 14.4. The number of nitrogens with one attached hydrogen (secondary N) is 1. The number of nitrogen functional groups attached to an aromatic ring is 1. The number of aromatic nitrogens is 4. The molecule has 4 aromatic rings. The molecule has 3 N–H and O–H groups in total. The Hall–Kier alpha value is -3.62. The van der Waals surface area contributed by atoms with Gasteiger partial charge in [-0.2, -0.15) is 0 Å². The number of carbonyl (C=O) groups excluding carboxylic acids is 1. The van der Waals surface area contributed by atoms with Crippen molar-refractivity contribution in [3.05, 3.63) is 95.6 Å². The molecule has 0 unspecified atom stereocenters. The molecule has 1 aliphatic rings. The van der Waals surface area contributed by atoms with Crippen LogP contribution in [0.1, 0.15) is 35.8 Å². The maximum atomic E-state index is 14.4. The van der Waals surface area contributed by atoms with Gasteiger partial charge in [0.15, 0.2) is 0 Å². The summed E-state index contributed by atoms with van der Waals surface area (Å²) >= 11 is 0. The second kappa shape index (κ2) is 14.4. The molecule has 11 nitrogen and oxygen atoms in total. The fraction of sp³-hybridized carbons (Fsp3) is 0.258. The van der Waals surface area contributed by atoms with Crippen molar-refractivity contribution in [3.8, 4) is 28.5 Å². The van der Waals surface area contributed by atoms with Gasteiger partial charge in [-0.1, -0.05) is 13.6 Å². The van der Waals surface area contributed by atoms with Gasteiger partial charge < -0.3 is 30.1 Å². The minimum absolute atomic E-state index is 0. The van der Waals surface area contributed by atoms with Gasteiger partial charge in [-0.15, -0.1) is 0 Å². The van der Waals surface area contributed by atoms with Gasteiger partial charge >= 0.3 is 51.4 Å². The predicted molar refractivity (Wildman–Crippen MR) is 160 cm³/mol. The second-order valence-corrected chi connectivity index (χ2v) is 10.2. The molecule has 0 atom stereocenters. The standard InChI is InChI=1S/C31H32FN8O3.K/c1-5-27(41)39(4)22-12-23(13-22)40-31(35-3)28(30(33)34)29(38-40)20-6-8-24(9-7-20)43-26-11-21(32)10-25(14-26)42-17-19-15-36-18(2)37-16-19;/h5-11,14-16,22-23H,1,12-13,17H2,2-4H3,(H3-,33,34,35,38);/q-1;+1. The Morgan fingerprint density at radius 2 is 1.84 bits per heavy atom. The predicted octanol–water partition coefficient (Wildman–Crippen LogP) is 2.43. The molecule has 5 rings (SSSR count). The van der Waals surface area contributed by atoms with E-state index >= 15 is 0 Å². The van der Waals surface area contributed by atoms with Crippen LogP contribution >= 0.6 is 0 Å². The average Bonchev–Trinajstić information content (AvgIpc) is 3.35. The summed E-state index contributed by atoms with van der Waals surface area (Å²) in [4.78, 5) is 21.9. The Kier molecular flexibility index (Phi) is 10.9. The van der Waals surface area contributed by atoms with Crippen LogP contribution in [0.15, 0.2) is 67.5 Å². The number of halogens is 1. The van der Waals surface area contributed by atoms with E-state index in [1.165, 1.54) is 18.2 Å². The van der Waals surface area contributed by atoms with Crippen molar-refractivity contribution in [2.75, 3.05) is 14.1 Å². The number of nitrogens with two attached hydrogens (primary N) is 1. The van der Waals surface area contributed by atoms with Gasteiger partial charge in [-0.3, -0.25) is 15.3 Å². The van der Waals surface area contributed by atoms with E-state index in [1.54, 1.807) is 73.3 Å². The summed E-state index contributed by atoms with van der Waals surface area (Å²) in [6.07, 6.45) is 6.01. The summed E-state index contributed by atoms with van der Waals surface area (Å²) in [5.41, 5.74) is 8.40. The number of rotatable bonds is 11. The van der Waals surface area contributed by atoms with Crippen molar-refractivity contribution in [2.45, 2.75) is 38.5 Å². The number of likely N-dealkylation sites (N-methyl/N-ethyl adjacent to an activating group) is 1. The molecule has 0 radical (unpaired) electrons. The fourth-order valence-electron chi connectivity index (χ4n) is 4.90. The Morgan fingerprint density at radius 3 is 2.45 bits per heavy atom. The molecular weight excluding hydrogens is 590 g/mol. The zero-order chi connectivity index (χ0) is 30.7. The van der Waals surface area contributed by atoms with E-state index in [0.29, 0.717) is 52.8 Å². The minimum Gasteiger partial charge on any atom is -0.489 e. The van der Waals surface area contributed by atoms with E-state index in [1.807, 2.05) is 0 Å². The number of benzene rings is 2. The van der Waals surface area contributed by atoms with Crippen molar-refractivity contribution in [1.82, 2.24) is 24.6 Å². The van der Waals surface area contributed by atoms with Gasteiger partial charge in [-0.25, -0.2) is 14.4 Å². The third-order valence-corrected chi connectivity index (χ3v) is 7.32. The van der Waals surface area contributed by atoms with E-state index in [9.17, 15) is 9.18 Å². The molecule has 1 amide bonds. The second-order valence-electron chi connectivity index (χ2n) is 10.2. The quantitative estimate of drug-likeness (QED) is 0.113. The van der Waals surface area contributed by atoms with Gasteiger partial charge in [-0.05, 0) is 62.0 Å². The number of amidine groups is 1. The summed E-state index contributed by atoms with van der Waals surface area (Å²) < 4.78 is 27.8. The van der Waals surface area contributed by atoms with Crippen molar-refractivity contribution in [3.63, 3.8) is 0 Å². The Morgan fingerprint density at radius 1 is 1.18 bits per heavy atom. The zero-order valence-electron chi connectivity index (χ0n) is 25.1. The molecule has 0 aliphatic heterocycles. The van der Waals surface area contributed by atoms with E-state index in [0.717, 1.165) is 5.56 Å². The average molecular weight is 623 g/mol. The largest absolute Gasteiger partial charge is 1.00 e. The third kappa shape index (κ3) is 7.35. The van der Waals surface area contributed by atoms with Crippen molar-refractivity contribution in [2.24, 2.45) is 5.73 Å². The van der Waals surface area contributed by atoms with Crippen LogP contribution in [0.25, 0.3) is 16.6 Å². The molecule has 222 valence electrons.